The van der Waals surface area contributed by atoms with Gasteiger partial charge in [-0.25, -0.2) is 4.39 Å². The number of nitro groups is 1. The van der Waals surface area contributed by atoms with E-state index >= 15 is 0 Å². The molecule has 0 fully saturated rings. The van der Waals surface area contributed by atoms with Crippen molar-refractivity contribution < 1.29 is 14.1 Å². The van der Waals surface area contributed by atoms with Gasteiger partial charge in [0.05, 0.1) is 14.4 Å². The largest absolute Gasteiger partial charge is 0.488 e. The van der Waals surface area contributed by atoms with Crippen molar-refractivity contribution in [3.8, 4) is 5.75 Å². The Balaban J connectivity index is 2.22. The molecule has 21 heavy (non-hydrogen) atoms. The molecule has 2 aromatic carbocycles. The van der Waals surface area contributed by atoms with Crippen LogP contribution in [-0.4, -0.2) is 4.92 Å². The lowest BCUT2D eigenvalue weighted by Crippen LogP contribution is -2.02. The van der Waals surface area contributed by atoms with E-state index in [2.05, 4.69) is 15.9 Å². The Morgan fingerprint density at radius 1 is 1.38 bits per heavy atom. The molecule has 0 heterocycles. The van der Waals surface area contributed by atoms with E-state index in [1.807, 2.05) is 0 Å². The van der Waals surface area contributed by atoms with Gasteiger partial charge in [0.1, 0.15) is 18.2 Å². The first kappa shape index (κ1) is 15.5. The lowest BCUT2D eigenvalue weighted by molar-refractivity contribution is -0.384. The molecule has 0 aromatic heterocycles. The second kappa shape index (κ2) is 6.28. The molecule has 2 aromatic rings. The van der Waals surface area contributed by atoms with Crippen LogP contribution in [0.3, 0.4) is 0 Å². The summed E-state index contributed by atoms with van der Waals surface area (Å²) in [5, 5.41) is 10.7. The van der Waals surface area contributed by atoms with Crippen LogP contribution in [0.5, 0.6) is 5.75 Å². The van der Waals surface area contributed by atoms with Crippen molar-refractivity contribution in [3.63, 3.8) is 0 Å². The summed E-state index contributed by atoms with van der Waals surface area (Å²) in [6.07, 6.45) is 0. The van der Waals surface area contributed by atoms with Gasteiger partial charge in [-0.1, -0.05) is 11.6 Å². The Hall–Kier alpha value is -1.86. The Morgan fingerprint density at radius 2 is 2.10 bits per heavy atom. The normalized spacial score (nSPS) is 10.4. The van der Waals surface area contributed by atoms with E-state index in [1.165, 1.54) is 24.3 Å². The van der Waals surface area contributed by atoms with E-state index in [1.54, 1.807) is 0 Å². The van der Waals surface area contributed by atoms with Gasteiger partial charge in [0.25, 0.3) is 5.69 Å². The van der Waals surface area contributed by atoms with Crippen molar-refractivity contribution >= 4 is 38.9 Å². The van der Waals surface area contributed by atoms with Gasteiger partial charge < -0.3 is 10.5 Å². The van der Waals surface area contributed by atoms with Crippen molar-refractivity contribution in [1.29, 1.82) is 0 Å². The predicted molar refractivity (Wildman–Crippen MR) is 81.0 cm³/mol. The van der Waals surface area contributed by atoms with Gasteiger partial charge in [-0.2, -0.15) is 0 Å². The van der Waals surface area contributed by atoms with Gasteiger partial charge in [-0.15, -0.1) is 0 Å². The molecular formula is C13H9BrClFN2O3. The molecule has 0 amide bonds. The van der Waals surface area contributed by atoms with Crippen LogP contribution in [0.4, 0.5) is 15.8 Å². The number of ether oxygens (including phenoxy) is 1. The highest BCUT2D eigenvalue weighted by Crippen LogP contribution is 2.31. The van der Waals surface area contributed by atoms with Crippen LogP contribution < -0.4 is 10.5 Å². The van der Waals surface area contributed by atoms with Gasteiger partial charge in [-0.05, 0) is 28.1 Å². The summed E-state index contributed by atoms with van der Waals surface area (Å²) >= 11 is 8.82. The number of halogens is 3. The summed E-state index contributed by atoms with van der Waals surface area (Å²) in [5.41, 5.74) is 6.43. The molecule has 0 atom stereocenters. The maximum atomic E-state index is 13.4. The van der Waals surface area contributed by atoms with Crippen molar-refractivity contribution in [2.24, 2.45) is 0 Å². The fraction of sp³-hybridized carbons (Fsp3) is 0.0769. The number of non-ortho nitro benzene ring substituents is 1. The molecule has 110 valence electrons. The van der Waals surface area contributed by atoms with Crippen molar-refractivity contribution in [1.82, 2.24) is 0 Å². The van der Waals surface area contributed by atoms with Crippen LogP contribution in [-0.2, 0) is 6.61 Å². The number of nitrogens with zero attached hydrogens (tertiary/aromatic N) is 1. The molecule has 5 nitrogen and oxygen atoms in total. The SMILES string of the molecule is Nc1ccc([N+](=O)[O-])cc1COc1cc(F)c(Cl)cc1Br. The molecule has 0 saturated carbocycles. The van der Waals surface area contributed by atoms with Crippen molar-refractivity contribution in [3.05, 3.63) is 61.3 Å². The average Bonchev–Trinajstić information content (AvgIpc) is 2.42. The zero-order valence-electron chi connectivity index (χ0n) is 10.5. The molecule has 0 saturated heterocycles. The summed E-state index contributed by atoms with van der Waals surface area (Å²) in [7, 11) is 0. The van der Waals surface area contributed by atoms with E-state index in [9.17, 15) is 14.5 Å². The number of rotatable bonds is 4. The van der Waals surface area contributed by atoms with E-state index < -0.39 is 10.7 Å². The Bertz CT molecular complexity index is 712. The number of nitro benzene ring substituents is 1. The third-order valence-electron chi connectivity index (χ3n) is 2.70. The van der Waals surface area contributed by atoms with E-state index in [0.29, 0.717) is 15.7 Å². The van der Waals surface area contributed by atoms with Crippen molar-refractivity contribution in [2.45, 2.75) is 6.61 Å². The maximum absolute atomic E-state index is 13.4. The average molecular weight is 376 g/mol. The lowest BCUT2D eigenvalue weighted by Gasteiger charge is -2.10. The second-order valence-electron chi connectivity index (χ2n) is 4.13. The second-order valence-corrected chi connectivity index (χ2v) is 5.39. The minimum absolute atomic E-state index is 0.0345. The quantitative estimate of drug-likeness (QED) is 0.374. The van der Waals surface area contributed by atoms with Gasteiger partial charge in [-0.3, -0.25) is 10.1 Å². The smallest absolute Gasteiger partial charge is 0.269 e. The zero-order chi connectivity index (χ0) is 15.6. The minimum Gasteiger partial charge on any atom is -0.488 e. The summed E-state index contributed by atoms with van der Waals surface area (Å²) < 4.78 is 19.3. The fourth-order valence-corrected chi connectivity index (χ4v) is 2.35. The maximum Gasteiger partial charge on any atom is 0.269 e. The summed E-state index contributed by atoms with van der Waals surface area (Å²) in [4.78, 5) is 10.2. The van der Waals surface area contributed by atoms with Crippen LogP contribution >= 0.6 is 27.5 Å². The molecule has 0 unspecified atom stereocenters. The molecule has 8 heteroatoms. The monoisotopic (exact) mass is 374 g/mol. The first-order valence-corrected chi connectivity index (χ1v) is 6.85. The minimum atomic E-state index is -0.623. The fourth-order valence-electron chi connectivity index (χ4n) is 1.60. The molecule has 0 radical (unpaired) electrons. The number of hydrogen-bond acceptors (Lipinski definition) is 4. The molecule has 0 aliphatic rings. The van der Waals surface area contributed by atoms with E-state index in [0.717, 1.165) is 6.07 Å². The molecular weight excluding hydrogens is 367 g/mol. The van der Waals surface area contributed by atoms with E-state index in [-0.39, 0.29) is 23.1 Å². The Labute approximate surface area is 132 Å². The number of anilines is 1. The molecule has 0 aliphatic carbocycles. The number of nitrogens with two attached hydrogens (primary N) is 1. The van der Waals surface area contributed by atoms with Gasteiger partial charge in [0, 0.05) is 29.4 Å². The molecule has 0 spiro atoms. The highest BCUT2D eigenvalue weighted by atomic mass is 79.9. The third kappa shape index (κ3) is 3.62. The molecule has 0 bridgehead atoms. The highest BCUT2D eigenvalue weighted by molar-refractivity contribution is 9.10. The molecule has 2 N–H and O–H groups in total. The standard InChI is InChI=1S/C13H9BrClFN2O3/c14-9-4-10(15)11(16)5-13(9)21-6-7-3-8(18(19)20)1-2-12(7)17/h1-5H,6,17H2. The first-order chi connectivity index (χ1) is 9.88. The number of nitrogen functional groups attached to an aromatic ring is 1. The van der Waals surface area contributed by atoms with Gasteiger partial charge >= 0.3 is 0 Å². The Morgan fingerprint density at radius 3 is 2.76 bits per heavy atom. The molecule has 2 rings (SSSR count). The summed E-state index contributed by atoms with van der Waals surface area (Å²) in [5.74, 6) is -0.398. The van der Waals surface area contributed by atoms with Crippen molar-refractivity contribution in [2.75, 3.05) is 5.73 Å². The van der Waals surface area contributed by atoms with Gasteiger partial charge in [0.15, 0.2) is 0 Å². The van der Waals surface area contributed by atoms with E-state index in [4.69, 9.17) is 22.1 Å². The number of hydrogen-bond donors (Lipinski definition) is 1. The molecule has 0 aliphatic heterocycles. The van der Waals surface area contributed by atoms with Gasteiger partial charge in [0.2, 0.25) is 0 Å². The zero-order valence-corrected chi connectivity index (χ0v) is 12.8. The topological polar surface area (TPSA) is 78.4 Å². The predicted octanol–water partition coefficient (Wildman–Crippen LogP) is 4.31. The number of benzene rings is 2. The van der Waals surface area contributed by atoms with Crippen LogP contribution in [0.25, 0.3) is 0 Å². The summed E-state index contributed by atoms with van der Waals surface area (Å²) in [6, 6.07) is 6.53. The van der Waals surface area contributed by atoms with Crippen LogP contribution in [0.15, 0.2) is 34.8 Å². The third-order valence-corrected chi connectivity index (χ3v) is 3.60. The summed E-state index contributed by atoms with van der Waals surface area (Å²) in [6.45, 7) is -0.0345. The Kier molecular flexibility index (Phi) is 4.64. The van der Waals surface area contributed by atoms with Crippen LogP contribution in [0, 0.1) is 15.9 Å². The van der Waals surface area contributed by atoms with Crippen LogP contribution in [0.2, 0.25) is 5.02 Å². The highest BCUT2D eigenvalue weighted by Gasteiger charge is 2.12. The van der Waals surface area contributed by atoms with Crippen LogP contribution in [0.1, 0.15) is 5.56 Å². The first-order valence-electron chi connectivity index (χ1n) is 5.68. The lowest BCUT2D eigenvalue weighted by atomic mass is 10.1.